The van der Waals surface area contributed by atoms with Crippen molar-refractivity contribution < 1.29 is 14.7 Å². The number of nitrogens with one attached hydrogen (secondary N) is 1. The van der Waals surface area contributed by atoms with Crippen molar-refractivity contribution in [2.45, 2.75) is 20.3 Å². The number of carboxylic acid groups (broad SMARTS) is 1. The SMILES string of the molecule is CCN(CC)CCCNC(=O)N1CCN(CC(=O)O)CC1. The van der Waals surface area contributed by atoms with Gasteiger partial charge < -0.3 is 20.2 Å². The minimum atomic E-state index is -0.815. The van der Waals surface area contributed by atoms with E-state index in [0.29, 0.717) is 32.7 Å². The highest BCUT2D eigenvalue weighted by Gasteiger charge is 2.21. The molecule has 7 nitrogen and oxygen atoms in total. The van der Waals surface area contributed by atoms with Gasteiger partial charge in [0, 0.05) is 32.7 Å². The molecule has 0 saturated carbocycles. The summed E-state index contributed by atoms with van der Waals surface area (Å²) in [5, 5.41) is 11.7. The molecule has 1 saturated heterocycles. The lowest BCUT2D eigenvalue weighted by Gasteiger charge is -2.33. The number of hydrogen-bond donors (Lipinski definition) is 2. The Morgan fingerprint density at radius 2 is 1.76 bits per heavy atom. The first kappa shape index (κ1) is 17.7. The standard InChI is InChI=1S/C14H28N4O3/c1-3-16(4-2)7-5-6-15-14(21)18-10-8-17(9-11-18)12-13(19)20/h3-12H2,1-2H3,(H,15,21)(H,19,20). The van der Waals surface area contributed by atoms with E-state index >= 15 is 0 Å². The molecule has 0 aromatic rings. The molecule has 2 amide bonds. The van der Waals surface area contributed by atoms with E-state index in [1.54, 1.807) is 4.90 Å². The number of carbonyl (C=O) groups excluding carboxylic acids is 1. The maximum atomic E-state index is 12.0. The molecule has 7 heteroatoms. The summed E-state index contributed by atoms with van der Waals surface area (Å²) in [6.07, 6.45) is 0.951. The van der Waals surface area contributed by atoms with Crippen LogP contribution in [0.4, 0.5) is 4.79 Å². The van der Waals surface area contributed by atoms with Crippen LogP contribution in [0.5, 0.6) is 0 Å². The van der Waals surface area contributed by atoms with Crippen LogP contribution in [0.3, 0.4) is 0 Å². The quantitative estimate of drug-likeness (QED) is 0.623. The van der Waals surface area contributed by atoms with Crippen LogP contribution in [-0.4, -0.2) is 90.7 Å². The molecule has 0 atom stereocenters. The Labute approximate surface area is 126 Å². The van der Waals surface area contributed by atoms with Gasteiger partial charge in [0.05, 0.1) is 6.54 Å². The van der Waals surface area contributed by atoms with Crippen molar-refractivity contribution in [2.24, 2.45) is 0 Å². The molecule has 122 valence electrons. The highest BCUT2D eigenvalue weighted by Crippen LogP contribution is 2.01. The number of urea groups is 1. The van der Waals surface area contributed by atoms with E-state index in [2.05, 4.69) is 24.1 Å². The lowest BCUT2D eigenvalue weighted by Crippen LogP contribution is -2.52. The van der Waals surface area contributed by atoms with Crippen LogP contribution in [0.1, 0.15) is 20.3 Å². The minimum Gasteiger partial charge on any atom is -0.480 e. The third kappa shape index (κ3) is 6.77. The molecule has 0 bridgehead atoms. The Balaban J connectivity index is 2.15. The highest BCUT2D eigenvalue weighted by atomic mass is 16.4. The summed E-state index contributed by atoms with van der Waals surface area (Å²) in [7, 11) is 0. The van der Waals surface area contributed by atoms with E-state index in [-0.39, 0.29) is 12.6 Å². The van der Waals surface area contributed by atoms with E-state index in [4.69, 9.17) is 5.11 Å². The molecular weight excluding hydrogens is 272 g/mol. The van der Waals surface area contributed by atoms with Gasteiger partial charge in [-0.2, -0.15) is 0 Å². The number of amides is 2. The van der Waals surface area contributed by atoms with Gasteiger partial charge in [-0.3, -0.25) is 9.69 Å². The Kier molecular flexibility index (Phi) is 8.07. The Hall–Kier alpha value is -1.34. The zero-order valence-electron chi connectivity index (χ0n) is 13.2. The smallest absolute Gasteiger partial charge is 0.317 e. The monoisotopic (exact) mass is 300 g/mol. The number of carbonyl (C=O) groups is 2. The molecule has 0 spiro atoms. The molecule has 1 heterocycles. The van der Waals surface area contributed by atoms with Gasteiger partial charge in [-0.05, 0) is 26.1 Å². The maximum absolute atomic E-state index is 12.0. The van der Waals surface area contributed by atoms with Crippen LogP contribution in [0.15, 0.2) is 0 Å². The number of nitrogens with zero attached hydrogens (tertiary/aromatic N) is 3. The van der Waals surface area contributed by atoms with E-state index in [0.717, 1.165) is 26.1 Å². The zero-order chi connectivity index (χ0) is 15.7. The summed E-state index contributed by atoms with van der Waals surface area (Å²) in [6.45, 7) is 10.5. The Bertz CT molecular complexity index is 326. The fourth-order valence-electron chi connectivity index (χ4n) is 2.45. The van der Waals surface area contributed by atoms with E-state index in [1.165, 1.54) is 0 Å². The van der Waals surface area contributed by atoms with Gasteiger partial charge in [0.2, 0.25) is 0 Å². The third-order valence-corrected chi connectivity index (χ3v) is 3.84. The molecule has 1 fully saturated rings. The number of rotatable bonds is 8. The topological polar surface area (TPSA) is 76.1 Å². The fourth-order valence-corrected chi connectivity index (χ4v) is 2.45. The van der Waals surface area contributed by atoms with Crippen molar-refractivity contribution in [3.05, 3.63) is 0 Å². The first-order chi connectivity index (χ1) is 10.1. The van der Waals surface area contributed by atoms with Gasteiger partial charge in [-0.15, -0.1) is 0 Å². The van der Waals surface area contributed by atoms with E-state index < -0.39 is 5.97 Å². The molecule has 2 N–H and O–H groups in total. The normalized spacial score (nSPS) is 16.2. The van der Waals surface area contributed by atoms with Crippen LogP contribution < -0.4 is 5.32 Å². The lowest BCUT2D eigenvalue weighted by molar-refractivity contribution is -0.138. The molecule has 0 aromatic carbocycles. The fraction of sp³-hybridized carbons (Fsp3) is 0.857. The minimum absolute atomic E-state index is 0.0375. The zero-order valence-corrected chi connectivity index (χ0v) is 13.2. The lowest BCUT2D eigenvalue weighted by atomic mass is 10.3. The second-order valence-corrected chi connectivity index (χ2v) is 5.27. The molecule has 1 aliphatic heterocycles. The molecule has 1 rings (SSSR count). The molecule has 21 heavy (non-hydrogen) atoms. The van der Waals surface area contributed by atoms with Crippen LogP contribution in [0, 0.1) is 0 Å². The Morgan fingerprint density at radius 3 is 2.29 bits per heavy atom. The summed E-state index contributed by atoms with van der Waals surface area (Å²) in [4.78, 5) is 28.5. The van der Waals surface area contributed by atoms with Crippen LogP contribution in [0.2, 0.25) is 0 Å². The van der Waals surface area contributed by atoms with Crippen LogP contribution >= 0.6 is 0 Å². The average molecular weight is 300 g/mol. The second-order valence-electron chi connectivity index (χ2n) is 5.27. The number of aliphatic carboxylic acids is 1. The molecule has 0 aliphatic carbocycles. The molecule has 0 radical (unpaired) electrons. The molecule has 0 unspecified atom stereocenters. The predicted molar refractivity (Wildman–Crippen MR) is 81.5 cm³/mol. The average Bonchev–Trinajstić information content (AvgIpc) is 2.47. The van der Waals surface area contributed by atoms with E-state index in [1.807, 2.05) is 4.90 Å². The van der Waals surface area contributed by atoms with Crippen molar-refractivity contribution in [1.29, 1.82) is 0 Å². The second kappa shape index (κ2) is 9.57. The first-order valence-corrected chi connectivity index (χ1v) is 7.76. The van der Waals surface area contributed by atoms with Crippen molar-refractivity contribution in [3.63, 3.8) is 0 Å². The van der Waals surface area contributed by atoms with Gasteiger partial charge in [-0.1, -0.05) is 13.8 Å². The first-order valence-electron chi connectivity index (χ1n) is 7.76. The number of hydrogen-bond acceptors (Lipinski definition) is 4. The van der Waals surface area contributed by atoms with Crippen LogP contribution in [-0.2, 0) is 4.79 Å². The van der Waals surface area contributed by atoms with Crippen molar-refractivity contribution >= 4 is 12.0 Å². The van der Waals surface area contributed by atoms with Gasteiger partial charge in [0.1, 0.15) is 0 Å². The predicted octanol–water partition coefficient (Wildman–Crippen LogP) is 0.130. The maximum Gasteiger partial charge on any atom is 0.317 e. The summed E-state index contributed by atoms with van der Waals surface area (Å²) in [5.41, 5.74) is 0. The van der Waals surface area contributed by atoms with Crippen molar-refractivity contribution in [2.75, 3.05) is 58.9 Å². The largest absolute Gasteiger partial charge is 0.480 e. The number of carboxylic acids is 1. The van der Waals surface area contributed by atoms with Crippen molar-refractivity contribution in [3.8, 4) is 0 Å². The van der Waals surface area contributed by atoms with Crippen molar-refractivity contribution in [1.82, 2.24) is 20.0 Å². The van der Waals surface area contributed by atoms with Gasteiger partial charge in [0.25, 0.3) is 0 Å². The third-order valence-electron chi connectivity index (χ3n) is 3.84. The molecule has 0 aromatic heterocycles. The number of piperazine rings is 1. The molecule has 1 aliphatic rings. The summed E-state index contributed by atoms with van der Waals surface area (Å²) < 4.78 is 0. The van der Waals surface area contributed by atoms with Gasteiger partial charge >= 0.3 is 12.0 Å². The van der Waals surface area contributed by atoms with Gasteiger partial charge in [-0.25, -0.2) is 4.79 Å². The Morgan fingerprint density at radius 1 is 1.14 bits per heavy atom. The summed E-state index contributed by atoms with van der Waals surface area (Å²) in [6, 6.07) is -0.0375. The summed E-state index contributed by atoms with van der Waals surface area (Å²) >= 11 is 0. The summed E-state index contributed by atoms with van der Waals surface area (Å²) in [5.74, 6) is -0.815. The van der Waals surface area contributed by atoms with E-state index in [9.17, 15) is 9.59 Å². The van der Waals surface area contributed by atoms with Crippen LogP contribution in [0.25, 0.3) is 0 Å². The molecular formula is C14H28N4O3. The van der Waals surface area contributed by atoms with Gasteiger partial charge in [0.15, 0.2) is 0 Å². The highest BCUT2D eigenvalue weighted by molar-refractivity contribution is 5.74.